The van der Waals surface area contributed by atoms with Gasteiger partial charge in [-0.2, -0.15) is 0 Å². The van der Waals surface area contributed by atoms with Crippen LogP contribution in [-0.4, -0.2) is 6.17 Å². The van der Waals surface area contributed by atoms with Gasteiger partial charge in [0.15, 0.2) is 0 Å². The quantitative estimate of drug-likeness (QED) is 0.641. The van der Waals surface area contributed by atoms with Crippen LogP contribution in [0.3, 0.4) is 0 Å². The molecule has 0 aromatic heterocycles. The molecule has 0 radical (unpaired) electrons. The smallest absolute Gasteiger partial charge is 0.138 e. The molecular weight excluding hydrogens is 172 g/mol. The van der Waals surface area contributed by atoms with Crippen molar-refractivity contribution in [3.05, 3.63) is 34.0 Å². The summed E-state index contributed by atoms with van der Waals surface area (Å²) in [5, 5.41) is 2.16. The van der Waals surface area contributed by atoms with Crippen LogP contribution in [0.5, 0.6) is 0 Å². The van der Waals surface area contributed by atoms with Crippen LogP contribution in [0.25, 0.3) is 0 Å². The maximum absolute atomic E-state index is 4.49. The normalized spacial score (nSPS) is 19.1. The molecule has 0 saturated carbocycles. The molecule has 2 heteroatoms. The number of aryl methyl sites for hydroxylation is 1. The summed E-state index contributed by atoms with van der Waals surface area (Å²) in [6.45, 7) is 8.55. The molecule has 1 aromatic rings. The zero-order valence-electron chi connectivity index (χ0n) is 9.20. The van der Waals surface area contributed by atoms with Crippen LogP contribution in [0.2, 0.25) is 0 Å². The van der Waals surface area contributed by atoms with Gasteiger partial charge in [0.2, 0.25) is 0 Å². The van der Waals surface area contributed by atoms with Crippen molar-refractivity contribution in [2.24, 2.45) is 9.98 Å². The van der Waals surface area contributed by atoms with Gasteiger partial charge in [-0.3, -0.25) is 9.98 Å². The molecule has 0 spiro atoms. The molecule has 74 valence electrons. The van der Waals surface area contributed by atoms with E-state index >= 15 is 0 Å². The van der Waals surface area contributed by atoms with E-state index in [1.165, 1.54) is 11.1 Å². The molecule has 1 aliphatic rings. The molecule has 0 N–H and O–H groups in total. The van der Waals surface area contributed by atoms with Crippen molar-refractivity contribution in [3.8, 4) is 0 Å². The molecule has 1 aliphatic heterocycles. The third kappa shape index (κ3) is 1.45. The van der Waals surface area contributed by atoms with E-state index in [1.807, 2.05) is 6.92 Å². The molecule has 1 aromatic carbocycles. The van der Waals surface area contributed by atoms with E-state index in [0.717, 1.165) is 10.7 Å². The molecule has 0 aliphatic carbocycles. The number of hydrogen-bond acceptors (Lipinski definition) is 2. The second-order valence-electron chi connectivity index (χ2n) is 4.25. The first-order valence-electron chi connectivity index (χ1n) is 5.14. The Bertz CT molecular complexity index is 472. The van der Waals surface area contributed by atoms with Crippen LogP contribution in [0.4, 0.5) is 0 Å². The van der Waals surface area contributed by atoms with Gasteiger partial charge in [0, 0.05) is 0 Å². The highest BCUT2D eigenvalue weighted by Crippen LogP contribution is 2.12. The maximum atomic E-state index is 4.49. The molecule has 14 heavy (non-hydrogen) atoms. The summed E-state index contributed by atoms with van der Waals surface area (Å²) >= 11 is 0. The van der Waals surface area contributed by atoms with Crippen molar-refractivity contribution in [1.29, 1.82) is 0 Å². The second kappa shape index (κ2) is 3.19. The fourth-order valence-corrected chi connectivity index (χ4v) is 1.80. The lowest BCUT2D eigenvalue weighted by Gasteiger charge is -2.05. The van der Waals surface area contributed by atoms with Crippen LogP contribution < -0.4 is 10.7 Å². The van der Waals surface area contributed by atoms with Gasteiger partial charge in [-0.05, 0) is 37.0 Å². The third-order valence-corrected chi connectivity index (χ3v) is 2.61. The summed E-state index contributed by atoms with van der Waals surface area (Å²) in [6, 6.07) is 4.39. The molecule has 0 bridgehead atoms. The molecule has 2 rings (SSSR count). The molecule has 2 nitrogen and oxygen atoms in total. The number of benzene rings is 1. The van der Waals surface area contributed by atoms with Gasteiger partial charge >= 0.3 is 0 Å². The van der Waals surface area contributed by atoms with Gasteiger partial charge < -0.3 is 0 Å². The summed E-state index contributed by atoms with van der Waals surface area (Å²) in [7, 11) is 0. The largest absolute Gasteiger partial charge is 0.257 e. The average molecular weight is 188 g/mol. The number of rotatable bonds is 1. The van der Waals surface area contributed by atoms with Crippen LogP contribution in [0, 0.1) is 6.92 Å². The Morgan fingerprint density at radius 2 is 1.93 bits per heavy atom. The van der Waals surface area contributed by atoms with E-state index in [2.05, 4.69) is 42.9 Å². The second-order valence-corrected chi connectivity index (χ2v) is 4.25. The Balaban J connectivity index is 2.70. The molecule has 0 amide bonds. The number of fused-ring (bicyclic) bond motifs is 1. The minimum atomic E-state index is 0.103. The van der Waals surface area contributed by atoms with E-state index in [1.54, 1.807) is 0 Å². The highest BCUT2D eigenvalue weighted by molar-refractivity contribution is 5.25. The Morgan fingerprint density at radius 1 is 1.21 bits per heavy atom. The predicted molar refractivity (Wildman–Crippen MR) is 57.0 cm³/mol. The van der Waals surface area contributed by atoms with Crippen molar-refractivity contribution in [1.82, 2.24) is 0 Å². The first kappa shape index (κ1) is 9.38. The van der Waals surface area contributed by atoms with Crippen molar-refractivity contribution in [3.63, 3.8) is 0 Å². The van der Waals surface area contributed by atoms with E-state index in [0.29, 0.717) is 5.92 Å². The standard InChI is InChI=1S/C12H16N2/c1-7(2)10-5-8(3)12-11(6-10)13-9(4)14-12/h5-7,9H,1-4H3. The van der Waals surface area contributed by atoms with Gasteiger partial charge in [0.05, 0.1) is 10.7 Å². The van der Waals surface area contributed by atoms with Gasteiger partial charge in [0.1, 0.15) is 6.17 Å². The molecular formula is C12H16N2. The summed E-state index contributed by atoms with van der Waals surface area (Å²) in [5.41, 5.74) is 2.61. The zero-order chi connectivity index (χ0) is 10.3. The molecule has 0 saturated heterocycles. The van der Waals surface area contributed by atoms with Crippen LogP contribution in [0.15, 0.2) is 22.1 Å². The molecule has 1 atom stereocenters. The lowest BCUT2D eigenvalue weighted by molar-refractivity contribution is 0.786. The Labute approximate surface area is 84.4 Å². The van der Waals surface area contributed by atoms with Crippen LogP contribution >= 0.6 is 0 Å². The average Bonchev–Trinajstić information content (AvgIpc) is 2.45. The first-order chi connectivity index (χ1) is 6.58. The molecule has 1 unspecified atom stereocenters. The topological polar surface area (TPSA) is 24.7 Å². The maximum Gasteiger partial charge on any atom is 0.138 e. The summed E-state index contributed by atoms with van der Waals surface area (Å²) in [5.74, 6) is 0.560. The lowest BCUT2D eigenvalue weighted by Crippen LogP contribution is -2.25. The number of nitrogens with zero attached hydrogens (tertiary/aromatic N) is 2. The monoisotopic (exact) mass is 188 g/mol. The van der Waals surface area contributed by atoms with Crippen LogP contribution in [0.1, 0.15) is 37.8 Å². The Kier molecular flexibility index (Phi) is 2.14. The molecule has 1 heterocycles. The van der Waals surface area contributed by atoms with E-state index < -0.39 is 0 Å². The van der Waals surface area contributed by atoms with Gasteiger partial charge in [-0.15, -0.1) is 0 Å². The number of hydrogen-bond donors (Lipinski definition) is 0. The van der Waals surface area contributed by atoms with Gasteiger partial charge in [-0.25, -0.2) is 0 Å². The SMILES string of the molecule is Cc1cc(C(C)C)cc2c1=NC(C)N=2. The van der Waals surface area contributed by atoms with Crippen molar-refractivity contribution in [2.75, 3.05) is 0 Å². The third-order valence-electron chi connectivity index (χ3n) is 2.61. The highest BCUT2D eigenvalue weighted by Gasteiger charge is 2.08. The van der Waals surface area contributed by atoms with Crippen LogP contribution in [-0.2, 0) is 0 Å². The van der Waals surface area contributed by atoms with Crippen molar-refractivity contribution >= 4 is 0 Å². The summed E-state index contributed by atoms with van der Waals surface area (Å²) in [4.78, 5) is 8.97. The zero-order valence-corrected chi connectivity index (χ0v) is 9.20. The predicted octanol–water partition coefficient (Wildman–Crippen LogP) is 1.72. The molecule has 0 fully saturated rings. The van der Waals surface area contributed by atoms with Gasteiger partial charge in [0.25, 0.3) is 0 Å². The summed E-state index contributed by atoms with van der Waals surface area (Å²) < 4.78 is 0. The van der Waals surface area contributed by atoms with Crippen molar-refractivity contribution < 1.29 is 0 Å². The minimum absolute atomic E-state index is 0.103. The Hall–Kier alpha value is -1.18. The fraction of sp³-hybridized carbons (Fsp3) is 0.500. The first-order valence-corrected chi connectivity index (χ1v) is 5.14. The van der Waals surface area contributed by atoms with Crippen molar-refractivity contribution in [2.45, 2.75) is 39.8 Å². The fourth-order valence-electron chi connectivity index (χ4n) is 1.80. The Morgan fingerprint density at radius 3 is 2.57 bits per heavy atom. The lowest BCUT2D eigenvalue weighted by atomic mass is 10.0. The van der Waals surface area contributed by atoms with Gasteiger partial charge in [-0.1, -0.05) is 19.9 Å². The minimum Gasteiger partial charge on any atom is -0.257 e. The van der Waals surface area contributed by atoms with E-state index in [4.69, 9.17) is 0 Å². The van der Waals surface area contributed by atoms with E-state index in [9.17, 15) is 0 Å². The van der Waals surface area contributed by atoms with E-state index in [-0.39, 0.29) is 6.17 Å². The summed E-state index contributed by atoms with van der Waals surface area (Å²) in [6.07, 6.45) is 0.103. The highest BCUT2D eigenvalue weighted by atomic mass is 15.0.